The van der Waals surface area contributed by atoms with Crippen molar-refractivity contribution < 1.29 is 0 Å². The fraction of sp³-hybridized carbons (Fsp3) is 0.429. The van der Waals surface area contributed by atoms with Gasteiger partial charge in [-0.1, -0.05) is 11.6 Å². The number of hydrogen-bond donors (Lipinski definition) is 1. The molecule has 0 saturated carbocycles. The zero-order chi connectivity index (χ0) is 14.1. The Bertz CT molecular complexity index is 684. The molecule has 5 nitrogen and oxygen atoms in total. The molecule has 1 fully saturated rings. The molecular formula is C14H17ClN4O. The molecule has 1 N–H and O–H groups in total. The molecule has 1 unspecified atom stereocenters. The summed E-state index contributed by atoms with van der Waals surface area (Å²) >= 11 is 5.90. The lowest BCUT2D eigenvalue weighted by Gasteiger charge is -2.33. The molecule has 2 aromatic heterocycles. The quantitative estimate of drug-likeness (QED) is 0.902. The minimum absolute atomic E-state index is 0.0877. The molecule has 1 aliphatic rings. The SMILES string of the molecule is CC1CNCCN1Cc1cc(=O)n2cc(Cl)ccc2n1. The van der Waals surface area contributed by atoms with Crippen LogP contribution in [0.25, 0.3) is 5.65 Å². The minimum Gasteiger partial charge on any atom is -0.314 e. The van der Waals surface area contributed by atoms with E-state index in [0.29, 0.717) is 23.3 Å². The lowest BCUT2D eigenvalue weighted by Crippen LogP contribution is -2.49. The highest BCUT2D eigenvalue weighted by atomic mass is 35.5. The molecule has 1 aliphatic heterocycles. The molecule has 3 heterocycles. The average molecular weight is 293 g/mol. The van der Waals surface area contributed by atoms with E-state index in [9.17, 15) is 4.79 Å². The molecule has 0 amide bonds. The van der Waals surface area contributed by atoms with Crippen LogP contribution < -0.4 is 10.9 Å². The first-order valence-corrected chi connectivity index (χ1v) is 7.14. The van der Waals surface area contributed by atoms with E-state index < -0.39 is 0 Å². The number of halogens is 1. The van der Waals surface area contributed by atoms with Gasteiger partial charge in [-0.15, -0.1) is 0 Å². The molecule has 0 spiro atoms. The van der Waals surface area contributed by atoms with Crippen LogP contribution in [-0.4, -0.2) is 40.0 Å². The lowest BCUT2D eigenvalue weighted by atomic mass is 10.2. The molecule has 106 valence electrons. The highest BCUT2D eigenvalue weighted by Crippen LogP contribution is 2.11. The van der Waals surface area contributed by atoms with Crippen LogP contribution in [-0.2, 0) is 6.54 Å². The smallest absolute Gasteiger partial charge is 0.258 e. The van der Waals surface area contributed by atoms with Crippen LogP contribution in [0.1, 0.15) is 12.6 Å². The summed E-state index contributed by atoms with van der Waals surface area (Å²) in [5.74, 6) is 0. The monoisotopic (exact) mass is 292 g/mol. The van der Waals surface area contributed by atoms with E-state index in [-0.39, 0.29) is 5.56 Å². The maximum absolute atomic E-state index is 12.1. The van der Waals surface area contributed by atoms with Crippen molar-refractivity contribution in [3.63, 3.8) is 0 Å². The van der Waals surface area contributed by atoms with E-state index in [4.69, 9.17) is 11.6 Å². The minimum atomic E-state index is -0.0877. The molecule has 1 atom stereocenters. The van der Waals surface area contributed by atoms with Gasteiger partial charge in [0.15, 0.2) is 0 Å². The Kier molecular flexibility index (Phi) is 3.74. The van der Waals surface area contributed by atoms with E-state index in [1.165, 1.54) is 4.40 Å². The van der Waals surface area contributed by atoms with Crippen molar-refractivity contribution in [3.8, 4) is 0 Å². The second kappa shape index (κ2) is 5.52. The van der Waals surface area contributed by atoms with Gasteiger partial charge in [0.05, 0.1) is 10.7 Å². The van der Waals surface area contributed by atoms with Gasteiger partial charge in [0.1, 0.15) is 5.65 Å². The van der Waals surface area contributed by atoms with E-state index in [1.54, 1.807) is 24.4 Å². The zero-order valence-electron chi connectivity index (χ0n) is 11.3. The van der Waals surface area contributed by atoms with Crippen LogP contribution >= 0.6 is 11.6 Å². The van der Waals surface area contributed by atoms with Crippen molar-refractivity contribution in [1.29, 1.82) is 0 Å². The first kappa shape index (κ1) is 13.5. The van der Waals surface area contributed by atoms with Crippen molar-refractivity contribution in [2.75, 3.05) is 19.6 Å². The van der Waals surface area contributed by atoms with Crippen LogP contribution in [0, 0.1) is 0 Å². The number of fused-ring (bicyclic) bond motifs is 1. The molecule has 3 rings (SSSR count). The zero-order valence-corrected chi connectivity index (χ0v) is 12.1. The van der Waals surface area contributed by atoms with E-state index >= 15 is 0 Å². The molecule has 6 heteroatoms. The first-order chi connectivity index (χ1) is 9.63. The van der Waals surface area contributed by atoms with Crippen molar-refractivity contribution in [2.45, 2.75) is 19.5 Å². The standard InChI is InChI=1S/C14H17ClN4O/c1-10-7-16-4-5-18(10)9-12-6-14(20)19-8-11(15)2-3-13(19)17-12/h2-3,6,8,10,16H,4-5,7,9H2,1H3. The van der Waals surface area contributed by atoms with Crippen LogP contribution in [0.4, 0.5) is 0 Å². The molecule has 0 bridgehead atoms. The Morgan fingerprint density at radius 1 is 1.50 bits per heavy atom. The Hall–Kier alpha value is -1.43. The predicted molar refractivity (Wildman–Crippen MR) is 79.2 cm³/mol. The summed E-state index contributed by atoms with van der Waals surface area (Å²) in [4.78, 5) is 19.0. The summed E-state index contributed by atoms with van der Waals surface area (Å²) in [6.07, 6.45) is 1.60. The Morgan fingerprint density at radius 2 is 2.35 bits per heavy atom. The average Bonchev–Trinajstić information content (AvgIpc) is 2.42. The Morgan fingerprint density at radius 3 is 3.15 bits per heavy atom. The molecule has 20 heavy (non-hydrogen) atoms. The molecule has 1 saturated heterocycles. The van der Waals surface area contributed by atoms with Crippen molar-refractivity contribution in [3.05, 3.63) is 45.5 Å². The van der Waals surface area contributed by atoms with Gasteiger partial charge in [0.25, 0.3) is 5.56 Å². The number of nitrogens with one attached hydrogen (secondary N) is 1. The number of nitrogens with zero attached hydrogens (tertiary/aromatic N) is 3. The van der Waals surface area contributed by atoms with Crippen molar-refractivity contribution in [1.82, 2.24) is 19.6 Å². The van der Waals surface area contributed by atoms with Gasteiger partial charge in [0, 0.05) is 44.5 Å². The van der Waals surface area contributed by atoms with Gasteiger partial charge in [0.2, 0.25) is 0 Å². The number of rotatable bonds is 2. The van der Waals surface area contributed by atoms with Crippen LogP contribution in [0.3, 0.4) is 0 Å². The molecule has 2 aromatic rings. The third-order valence-corrected chi connectivity index (χ3v) is 3.90. The van der Waals surface area contributed by atoms with Gasteiger partial charge in [-0.25, -0.2) is 4.98 Å². The largest absolute Gasteiger partial charge is 0.314 e. The van der Waals surface area contributed by atoms with Crippen LogP contribution in [0.2, 0.25) is 5.02 Å². The highest BCUT2D eigenvalue weighted by Gasteiger charge is 2.18. The molecule has 0 aromatic carbocycles. The number of pyridine rings is 1. The number of aromatic nitrogens is 2. The number of hydrogen-bond acceptors (Lipinski definition) is 4. The van der Waals surface area contributed by atoms with Gasteiger partial charge >= 0.3 is 0 Å². The van der Waals surface area contributed by atoms with E-state index in [1.807, 2.05) is 0 Å². The second-order valence-corrected chi connectivity index (χ2v) is 5.62. The fourth-order valence-electron chi connectivity index (χ4n) is 2.53. The highest BCUT2D eigenvalue weighted by molar-refractivity contribution is 6.30. The number of piperazine rings is 1. The predicted octanol–water partition coefficient (Wildman–Crippen LogP) is 1.14. The van der Waals surface area contributed by atoms with Gasteiger partial charge in [-0.3, -0.25) is 14.1 Å². The third-order valence-electron chi connectivity index (χ3n) is 3.68. The fourth-order valence-corrected chi connectivity index (χ4v) is 2.69. The maximum atomic E-state index is 12.1. The summed E-state index contributed by atoms with van der Waals surface area (Å²) in [7, 11) is 0. The summed E-state index contributed by atoms with van der Waals surface area (Å²) in [5.41, 5.74) is 1.36. The second-order valence-electron chi connectivity index (χ2n) is 5.18. The van der Waals surface area contributed by atoms with E-state index in [2.05, 4.69) is 22.1 Å². The third kappa shape index (κ3) is 2.70. The molecule has 0 radical (unpaired) electrons. The molecular weight excluding hydrogens is 276 g/mol. The topological polar surface area (TPSA) is 49.6 Å². The summed E-state index contributed by atoms with van der Waals surface area (Å²) in [6.45, 7) is 5.81. The van der Waals surface area contributed by atoms with Crippen LogP contribution in [0.15, 0.2) is 29.2 Å². The van der Waals surface area contributed by atoms with Crippen molar-refractivity contribution in [2.24, 2.45) is 0 Å². The van der Waals surface area contributed by atoms with Gasteiger partial charge in [-0.2, -0.15) is 0 Å². The summed E-state index contributed by atoms with van der Waals surface area (Å²) in [5, 5.41) is 3.89. The Labute approximate surface area is 122 Å². The van der Waals surface area contributed by atoms with Gasteiger partial charge in [-0.05, 0) is 19.1 Å². The lowest BCUT2D eigenvalue weighted by molar-refractivity contribution is 0.164. The van der Waals surface area contributed by atoms with Gasteiger partial charge < -0.3 is 5.32 Å². The van der Waals surface area contributed by atoms with Crippen LogP contribution in [0.5, 0.6) is 0 Å². The molecule has 0 aliphatic carbocycles. The maximum Gasteiger partial charge on any atom is 0.258 e. The first-order valence-electron chi connectivity index (χ1n) is 6.76. The summed E-state index contributed by atoms with van der Waals surface area (Å²) < 4.78 is 1.48. The normalized spacial score (nSPS) is 20.4. The summed E-state index contributed by atoms with van der Waals surface area (Å²) in [6, 6.07) is 5.57. The van der Waals surface area contributed by atoms with Crippen molar-refractivity contribution >= 4 is 17.2 Å². The van der Waals surface area contributed by atoms with E-state index in [0.717, 1.165) is 25.3 Å². The Balaban J connectivity index is 1.92.